The molecule has 0 aliphatic carbocycles. The van der Waals surface area contributed by atoms with Crippen molar-refractivity contribution in [1.82, 2.24) is 15.1 Å². The molecule has 0 radical (unpaired) electrons. The van der Waals surface area contributed by atoms with Crippen LogP contribution in [0.2, 0.25) is 0 Å². The van der Waals surface area contributed by atoms with Gasteiger partial charge in [0.15, 0.2) is 0 Å². The summed E-state index contributed by atoms with van der Waals surface area (Å²) in [6, 6.07) is 0. The van der Waals surface area contributed by atoms with Crippen molar-refractivity contribution in [1.29, 1.82) is 0 Å². The largest absolute Gasteiger partial charge is 0.382 e. The van der Waals surface area contributed by atoms with Crippen molar-refractivity contribution in [3.8, 4) is 0 Å². The van der Waals surface area contributed by atoms with Crippen LogP contribution in [-0.4, -0.2) is 37.1 Å². The Morgan fingerprint density at radius 1 is 1.45 bits per heavy atom. The van der Waals surface area contributed by atoms with E-state index in [2.05, 4.69) is 17.1 Å². The lowest BCUT2D eigenvalue weighted by Gasteiger charge is -2.15. The molecule has 0 saturated heterocycles. The van der Waals surface area contributed by atoms with Gasteiger partial charge in [0, 0.05) is 20.6 Å². The molecule has 0 unspecified atom stereocenters. The number of hydrogen-bond donors (Lipinski definition) is 2. The third-order valence-corrected chi connectivity index (χ3v) is 1.80. The fraction of sp³-hybridized carbons (Fsp3) is 0.714. The Labute approximate surface area is 67.6 Å². The first-order valence-corrected chi connectivity index (χ1v) is 3.82. The molecule has 1 heterocycles. The highest BCUT2D eigenvalue weighted by molar-refractivity contribution is 5.11. The van der Waals surface area contributed by atoms with Gasteiger partial charge in [0.2, 0.25) is 0 Å². The maximum absolute atomic E-state index is 5.80. The predicted molar refractivity (Wildman–Crippen MR) is 45.3 cm³/mol. The molecule has 11 heavy (non-hydrogen) atoms. The van der Waals surface area contributed by atoms with Crippen LogP contribution in [0.4, 0.5) is 0 Å². The zero-order valence-corrected chi connectivity index (χ0v) is 7.39. The molecule has 0 spiro atoms. The maximum atomic E-state index is 5.80. The minimum absolute atomic E-state index is 0.828. The third kappa shape index (κ3) is 1.34. The second-order valence-electron chi connectivity index (χ2n) is 2.80. The van der Waals surface area contributed by atoms with Crippen LogP contribution in [0.3, 0.4) is 0 Å². The number of nitrogens with two attached hydrogens (primary N) is 1. The molecule has 3 N–H and O–H groups in total. The second kappa shape index (κ2) is 2.90. The monoisotopic (exact) mass is 156 g/mol. The Morgan fingerprint density at radius 3 is 2.45 bits per heavy atom. The number of nitrogens with zero attached hydrogens (tertiary/aromatic N) is 2. The molecular weight excluding hydrogens is 140 g/mol. The van der Waals surface area contributed by atoms with E-state index in [-0.39, 0.29) is 0 Å². The van der Waals surface area contributed by atoms with Crippen molar-refractivity contribution in [2.75, 3.05) is 27.3 Å². The Bertz CT molecular complexity index is 175. The molecule has 0 aromatic rings. The van der Waals surface area contributed by atoms with Crippen LogP contribution >= 0.6 is 0 Å². The molecule has 0 amide bonds. The van der Waals surface area contributed by atoms with Gasteiger partial charge in [-0.15, -0.1) is 0 Å². The number of nitrogens with one attached hydrogen (secondary N) is 1. The van der Waals surface area contributed by atoms with E-state index in [1.807, 2.05) is 19.0 Å². The molecule has 1 aliphatic heterocycles. The van der Waals surface area contributed by atoms with Gasteiger partial charge in [0.05, 0.1) is 6.67 Å². The van der Waals surface area contributed by atoms with Gasteiger partial charge in [-0.25, -0.2) is 0 Å². The summed E-state index contributed by atoms with van der Waals surface area (Å²) in [7, 11) is 4.00. The minimum Gasteiger partial charge on any atom is -0.382 e. The van der Waals surface area contributed by atoms with Crippen molar-refractivity contribution in [2.45, 2.75) is 6.92 Å². The molecule has 0 bridgehead atoms. The number of hydrogen-bond acceptors (Lipinski definition) is 4. The summed E-state index contributed by atoms with van der Waals surface area (Å²) in [5, 5.41) is 3.21. The standard InChI is InChI=1S/C7H16N4/c1-4-9-7-6(8)10(2)5-11(7)3/h9H,4-5,8H2,1-3H3. The average molecular weight is 156 g/mol. The molecule has 4 nitrogen and oxygen atoms in total. The van der Waals surface area contributed by atoms with E-state index in [9.17, 15) is 0 Å². The predicted octanol–water partition coefficient (Wildman–Crippen LogP) is -0.484. The van der Waals surface area contributed by atoms with Crippen LogP contribution in [0.15, 0.2) is 11.6 Å². The fourth-order valence-corrected chi connectivity index (χ4v) is 1.23. The molecule has 1 aliphatic rings. The Morgan fingerprint density at radius 2 is 2.09 bits per heavy atom. The third-order valence-electron chi connectivity index (χ3n) is 1.80. The lowest BCUT2D eigenvalue weighted by atomic mass is 10.6. The van der Waals surface area contributed by atoms with Gasteiger partial charge in [-0.3, -0.25) is 0 Å². The molecule has 0 saturated carbocycles. The van der Waals surface area contributed by atoms with Crippen molar-refractivity contribution >= 4 is 0 Å². The first kappa shape index (κ1) is 8.04. The molecule has 0 fully saturated rings. The summed E-state index contributed by atoms with van der Waals surface area (Å²) in [6.45, 7) is 3.84. The van der Waals surface area contributed by atoms with Crippen molar-refractivity contribution < 1.29 is 0 Å². The van der Waals surface area contributed by atoms with E-state index in [4.69, 9.17) is 5.73 Å². The van der Waals surface area contributed by atoms with E-state index >= 15 is 0 Å². The van der Waals surface area contributed by atoms with Gasteiger partial charge >= 0.3 is 0 Å². The van der Waals surface area contributed by atoms with E-state index in [1.54, 1.807) is 0 Å². The van der Waals surface area contributed by atoms with Gasteiger partial charge in [-0.05, 0) is 6.92 Å². The normalized spacial score (nSPS) is 18.1. The molecule has 4 heteroatoms. The molecule has 64 valence electrons. The van der Waals surface area contributed by atoms with Gasteiger partial charge in [0.1, 0.15) is 11.6 Å². The summed E-state index contributed by atoms with van der Waals surface area (Å²) in [6.07, 6.45) is 0. The van der Waals surface area contributed by atoms with Crippen LogP contribution in [0.5, 0.6) is 0 Å². The van der Waals surface area contributed by atoms with E-state index in [1.165, 1.54) is 0 Å². The summed E-state index contributed by atoms with van der Waals surface area (Å²) in [5.74, 6) is 1.87. The highest BCUT2D eigenvalue weighted by Crippen LogP contribution is 2.12. The van der Waals surface area contributed by atoms with Crippen LogP contribution in [0, 0.1) is 0 Å². The lowest BCUT2D eigenvalue weighted by Crippen LogP contribution is -2.26. The number of rotatable bonds is 2. The van der Waals surface area contributed by atoms with E-state index in [0.29, 0.717) is 0 Å². The maximum Gasteiger partial charge on any atom is 0.144 e. The highest BCUT2D eigenvalue weighted by Gasteiger charge is 2.20. The molecule has 1 rings (SSSR count). The topological polar surface area (TPSA) is 44.5 Å². The zero-order chi connectivity index (χ0) is 8.43. The van der Waals surface area contributed by atoms with Crippen molar-refractivity contribution in [3.05, 3.63) is 11.6 Å². The van der Waals surface area contributed by atoms with Gasteiger partial charge in [-0.2, -0.15) is 0 Å². The molecular formula is C7H16N4. The van der Waals surface area contributed by atoms with Gasteiger partial charge in [-0.1, -0.05) is 0 Å². The summed E-state index contributed by atoms with van der Waals surface area (Å²) >= 11 is 0. The first-order valence-electron chi connectivity index (χ1n) is 3.82. The van der Waals surface area contributed by atoms with Crippen LogP contribution in [0.25, 0.3) is 0 Å². The van der Waals surface area contributed by atoms with Crippen LogP contribution in [0.1, 0.15) is 6.92 Å². The molecule has 0 aromatic carbocycles. The summed E-state index contributed by atoms with van der Waals surface area (Å²) in [4.78, 5) is 4.11. The minimum atomic E-state index is 0.828. The highest BCUT2D eigenvalue weighted by atomic mass is 15.4. The van der Waals surface area contributed by atoms with E-state index < -0.39 is 0 Å². The zero-order valence-electron chi connectivity index (χ0n) is 7.39. The second-order valence-corrected chi connectivity index (χ2v) is 2.80. The molecule has 0 atom stereocenters. The quantitative estimate of drug-likeness (QED) is 0.566. The SMILES string of the molecule is CCNC1=C(N)N(C)CN1C. The first-order chi connectivity index (χ1) is 5.16. The van der Waals surface area contributed by atoms with Crippen molar-refractivity contribution in [2.24, 2.45) is 5.73 Å². The smallest absolute Gasteiger partial charge is 0.144 e. The Balaban J connectivity index is 2.70. The lowest BCUT2D eigenvalue weighted by molar-refractivity contribution is 0.308. The van der Waals surface area contributed by atoms with E-state index in [0.717, 1.165) is 24.9 Å². The Hall–Kier alpha value is -1.06. The average Bonchev–Trinajstić information content (AvgIpc) is 2.17. The van der Waals surface area contributed by atoms with Crippen molar-refractivity contribution in [3.63, 3.8) is 0 Å². The van der Waals surface area contributed by atoms with Crippen LogP contribution in [-0.2, 0) is 0 Å². The van der Waals surface area contributed by atoms with Crippen LogP contribution < -0.4 is 11.1 Å². The molecule has 0 aromatic heterocycles. The van der Waals surface area contributed by atoms with Gasteiger partial charge in [0.25, 0.3) is 0 Å². The fourth-order valence-electron chi connectivity index (χ4n) is 1.23. The van der Waals surface area contributed by atoms with Gasteiger partial charge < -0.3 is 20.9 Å². The summed E-state index contributed by atoms with van der Waals surface area (Å²) in [5.41, 5.74) is 5.80. The Kier molecular flexibility index (Phi) is 2.12. The summed E-state index contributed by atoms with van der Waals surface area (Å²) < 4.78 is 0.